The lowest BCUT2D eigenvalue weighted by Gasteiger charge is -2.24. The van der Waals surface area contributed by atoms with Gasteiger partial charge in [-0.3, -0.25) is 9.48 Å². The minimum absolute atomic E-state index is 0.0112. The third-order valence-electron chi connectivity index (χ3n) is 5.17. The summed E-state index contributed by atoms with van der Waals surface area (Å²) in [5, 5.41) is 19.0. The molecule has 1 fully saturated rings. The van der Waals surface area contributed by atoms with E-state index in [1.54, 1.807) is 18.2 Å². The molecule has 1 aromatic heterocycles. The minimum Gasteiger partial charge on any atom is -0.314 e. The second-order valence-electron chi connectivity index (χ2n) is 7.30. The SMILES string of the molecule is NS(=O)(=O)c1ccc(-c2cc(C(=O)CCCO[N+](=O)[O-])nn2C2CCCCC2)cc1. The Balaban J connectivity index is 1.86. The van der Waals surface area contributed by atoms with Crippen LogP contribution in [0.2, 0.25) is 0 Å². The van der Waals surface area contributed by atoms with Crippen LogP contribution in [-0.4, -0.2) is 35.7 Å². The van der Waals surface area contributed by atoms with E-state index in [-0.39, 0.29) is 41.9 Å². The van der Waals surface area contributed by atoms with Crippen LogP contribution in [0.4, 0.5) is 0 Å². The van der Waals surface area contributed by atoms with E-state index in [0.29, 0.717) is 0 Å². The maximum absolute atomic E-state index is 12.6. The fourth-order valence-electron chi connectivity index (χ4n) is 3.67. The van der Waals surface area contributed by atoms with E-state index >= 15 is 0 Å². The number of benzene rings is 1. The molecule has 0 atom stereocenters. The quantitative estimate of drug-likeness (QED) is 0.275. The van der Waals surface area contributed by atoms with Crippen molar-refractivity contribution in [1.82, 2.24) is 9.78 Å². The average molecular weight is 436 g/mol. The average Bonchev–Trinajstić information content (AvgIpc) is 3.16. The number of aromatic nitrogens is 2. The van der Waals surface area contributed by atoms with Gasteiger partial charge in [0.25, 0.3) is 5.09 Å². The summed E-state index contributed by atoms with van der Waals surface area (Å²) in [4.78, 5) is 27.0. The van der Waals surface area contributed by atoms with Crippen molar-refractivity contribution in [2.75, 3.05) is 6.61 Å². The fraction of sp³-hybridized carbons (Fsp3) is 0.474. The third kappa shape index (κ3) is 5.42. The van der Waals surface area contributed by atoms with Crippen LogP contribution in [0.15, 0.2) is 35.2 Å². The number of nitrogens with zero attached hydrogens (tertiary/aromatic N) is 3. The molecule has 1 saturated carbocycles. The lowest BCUT2D eigenvalue weighted by atomic mass is 9.95. The Bertz CT molecular complexity index is 1010. The van der Waals surface area contributed by atoms with Crippen molar-refractivity contribution >= 4 is 15.8 Å². The Hall–Kier alpha value is -2.79. The highest BCUT2D eigenvalue weighted by molar-refractivity contribution is 7.89. The highest BCUT2D eigenvalue weighted by Gasteiger charge is 2.23. The number of carbonyl (C=O) groups excluding carboxylic acids is 1. The van der Waals surface area contributed by atoms with Gasteiger partial charge >= 0.3 is 0 Å². The van der Waals surface area contributed by atoms with Crippen LogP contribution in [-0.2, 0) is 14.9 Å². The van der Waals surface area contributed by atoms with E-state index in [1.165, 1.54) is 18.6 Å². The van der Waals surface area contributed by atoms with E-state index in [4.69, 9.17) is 5.14 Å². The van der Waals surface area contributed by atoms with Crippen molar-refractivity contribution in [1.29, 1.82) is 0 Å². The highest BCUT2D eigenvalue weighted by atomic mass is 32.2. The van der Waals surface area contributed by atoms with Crippen LogP contribution in [0.25, 0.3) is 11.3 Å². The number of carbonyl (C=O) groups is 1. The van der Waals surface area contributed by atoms with Gasteiger partial charge in [0.1, 0.15) is 5.69 Å². The molecule has 3 rings (SSSR count). The molecular formula is C19H24N4O6S. The van der Waals surface area contributed by atoms with Gasteiger partial charge in [-0.25, -0.2) is 13.6 Å². The first-order chi connectivity index (χ1) is 14.3. The van der Waals surface area contributed by atoms with Crippen LogP contribution >= 0.6 is 0 Å². The smallest absolute Gasteiger partial charge is 0.294 e. The molecule has 1 aliphatic rings. The van der Waals surface area contributed by atoms with Crippen LogP contribution in [0.1, 0.15) is 61.5 Å². The zero-order valence-corrected chi connectivity index (χ0v) is 17.2. The van der Waals surface area contributed by atoms with Gasteiger partial charge in [0.05, 0.1) is 23.2 Å². The molecule has 1 aromatic carbocycles. The normalized spacial score (nSPS) is 15.1. The Morgan fingerprint density at radius 1 is 1.23 bits per heavy atom. The number of hydrogen-bond donors (Lipinski definition) is 1. The highest BCUT2D eigenvalue weighted by Crippen LogP contribution is 2.33. The third-order valence-corrected chi connectivity index (χ3v) is 6.09. The number of hydrogen-bond acceptors (Lipinski definition) is 7. The minimum atomic E-state index is -3.80. The van der Waals surface area contributed by atoms with Crippen molar-refractivity contribution in [2.24, 2.45) is 5.14 Å². The number of nitrogens with two attached hydrogens (primary N) is 1. The van der Waals surface area contributed by atoms with E-state index < -0.39 is 15.1 Å². The van der Waals surface area contributed by atoms with Gasteiger partial charge in [0, 0.05) is 6.42 Å². The maximum Gasteiger partial charge on any atom is 0.294 e. The van der Waals surface area contributed by atoms with Gasteiger partial charge in [-0.2, -0.15) is 5.10 Å². The second-order valence-corrected chi connectivity index (χ2v) is 8.87. The number of Topliss-reactive ketones (excluding diaryl/α,β-unsaturated/α-hetero) is 1. The predicted octanol–water partition coefficient (Wildman–Crippen LogP) is 2.87. The Kier molecular flexibility index (Phi) is 6.83. The zero-order chi connectivity index (χ0) is 21.7. The van der Waals surface area contributed by atoms with Crippen molar-refractivity contribution < 1.29 is 23.1 Å². The van der Waals surface area contributed by atoms with Crippen LogP contribution in [0.3, 0.4) is 0 Å². The molecule has 11 heteroatoms. The Morgan fingerprint density at radius 2 is 1.90 bits per heavy atom. The van der Waals surface area contributed by atoms with Crippen molar-refractivity contribution in [3.63, 3.8) is 0 Å². The molecule has 0 unspecified atom stereocenters. The largest absolute Gasteiger partial charge is 0.314 e. The summed E-state index contributed by atoms with van der Waals surface area (Å²) in [6.45, 7) is -0.149. The molecule has 1 aliphatic carbocycles. The number of rotatable bonds is 9. The summed E-state index contributed by atoms with van der Waals surface area (Å²) in [7, 11) is -3.80. The molecule has 0 spiro atoms. The summed E-state index contributed by atoms with van der Waals surface area (Å²) in [5.41, 5.74) is 1.75. The predicted molar refractivity (Wildman–Crippen MR) is 108 cm³/mol. The Morgan fingerprint density at radius 3 is 2.50 bits per heavy atom. The van der Waals surface area contributed by atoms with Crippen molar-refractivity contribution in [3.8, 4) is 11.3 Å². The van der Waals surface area contributed by atoms with Gasteiger partial charge in [-0.1, -0.05) is 31.4 Å². The number of sulfonamides is 1. The van der Waals surface area contributed by atoms with Crippen molar-refractivity contribution in [3.05, 3.63) is 46.1 Å². The van der Waals surface area contributed by atoms with E-state index in [9.17, 15) is 23.3 Å². The molecule has 162 valence electrons. The van der Waals surface area contributed by atoms with Gasteiger partial charge in [0.15, 0.2) is 5.78 Å². The molecule has 10 nitrogen and oxygen atoms in total. The fourth-order valence-corrected chi connectivity index (χ4v) is 4.18. The van der Waals surface area contributed by atoms with Gasteiger partial charge < -0.3 is 4.84 Å². The molecule has 1 heterocycles. The second kappa shape index (κ2) is 9.35. The maximum atomic E-state index is 12.6. The molecule has 0 radical (unpaired) electrons. The number of primary sulfonamides is 1. The van der Waals surface area contributed by atoms with Crippen LogP contribution < -0.4 is 5.14 Å². The summed E-state index contributed by atoms with van der Waals surface area (Å²) in [6, 6.07) is 8.01. The van der Waals surface area contributed by atoms with E-state index in [2.05, 4.69) is 9.94 Å². The molecular weight excluding hydrogens is 412 g/mol. The summed E-state index contributed by atoms with van der Waals surface area (Å²) >= 11 is 0. The lowest BCUT2D eigenvalue weighted by molar-refractivity contribution is -0.757. The van der Waals surface area contributed by atoms with Gasteiger partial charge in [0.2, 0.25) is 10.0 Å². The summed E-state index contributed by atoms with van der Waals surface area (Å²) in [6.07, 6.45) is 5.53. The Labute approximate surface area is 174 Å². The molecule has 30 heavy (non-hydrogen) atoms. The topological polar surface area (TPSA) is 147 Å². The first-order valence-corrected chi connectivity index (χ1v) is 11.3. The van der Waals surface area contributed by atoms with E-state index in [0.717, 1.165) is 36.9 Å². The number of ketones is 1. The molecule has 0 aliphatic heterocycles. The summed E-state index contributed by atoms with van der Waals surface area (Å²) in [5.74, 6) is -0.223. The first-order valence-electron chi connectivity index (χ1n) is 9.79. The zero-order valence-electron chi connectivity index (χ0n) is 16.4. The van der Waals surface area contributed by atoms with Crippen LogP contribution in [0, 0.1) is 10.1 Å². The van der Waals surface area contributed by atoms with Gasteiger partial charge in [-0.05, 0) is 43.0 Å². The van der Waals surface area contributed by atoms with E-state index in [1.807, 2.05) is 4.68 Å². The summed E-state index contributed by atoms with van der Waals surface area (Å²) < 4.78 is 24.9. The van der Waals surface area contributed by atoms with Crippen molar-refractivity contribution in [2.45, 2.75) is 55.9 Å². The van der Waals surface area contributed by atoms with Gasteiger partial charge in [-0.15, -0.1) is 10.1 Å². The molecule has 0 saturated heterocycles. The molecule has 2 N–H and O–H groups in total. The molecule has 0 amide bonds. The van der Waals surface area contributed by atoms with Crippen LogP contribution in [0.5, 0.6) is 0 Å². The molecule has 2 aromatic rings. The monoisotopic (exact) mass is 436 g/mol. The standard InChI is InChI=1S/C19H24N4O6S/c20-30(27,28)16-10-8-14(9-11-16)18-13-17(19(24)7-4-12-29-23(25)26)21-22(18)15-5-2-1-3-6-15/h8-11,13,15H,1-7,12H2,(H2,20,27,28). The first kappa shape index (κ1) is 21.9. The lowest BCUT2D eigenvalue weighted by Crippen LogP contribution is -2.16. The molecule has 0 bridgehead atoms.